The van der Waals surface area contributed by atoms with Crippen LogP contribution in [0.4, 0.5) is 4.79 Å². The zero-order valence-electron chi connectivity index (χ0n) is 6.48. The summed E-state index contributed by atoms with van der Waals surface area (Å²) in [5, 5.41) is 18.4. The van der Waals surface area contributed by atoms with Crippen molar-refractivity contribution < 1.29 is 24.2 Å². The van der Waals surface area contributed by atoms with E-state index in [1.165, 1.54) is 12.1 Å². The summed E-state index contributed by atoms with van der Waals surface area (Å²) in [6, 6.07) is 2.67. The highest BCUT2D eigenvalue weighted by molar-refractivity contribution is 6.00. The average Bonchev–Trinajstić information content (AvgIpc) is 2.50. The van der Waals surface area contributed by atoms with E-state index in [9.17, 15) is 9.59 Å². The number of hydrogen-bond acceptors (Lipinski definition) is 4. The molecular formula is C7H7NO5. The van der Waals surface area contributed by atoms with Crippen molar-refractivity contribution in [1.82, 2.24) is 5.32 Å². The second kappa shape index (κ2) is 3.72. The van der Waals surface area contributed by atoms with Crippen LogP contribution in [0.1, 0.15) is 16.3 Å². The molecule has 6 nitrogen and oxygen atoms in total. The van der Waals surface area contributed by atoms with Crippen LogP contribution < -0.4 is 5.32 Å². The molecule has 0 saturated heterocycles. The first-order valence-electron chi connectivity index (χ1n) is 3.37. The molecule has 0 aliphatic carbocycles. The van der Waals surface area contributed by atoms with Gasteiger partial charge in [0.25, 0.3) is 5.91 Å². The van der Waals surface area contributed by atoms with Crippen LogP contribution in [0.5, 0.6) is 0 Å². The quantitative estimate of drug-likeness (QED) is 0.610. The van der Waals surface area contributed by atoms with Crippen LogP contribution in [0.15, 0.2) is 16.5 Å². The van der Waals surface area contributed by atoms with Crippen LogP contribution in [0, 0.1) is 0 Å². The van der Waals surface area contributed by atoms with Crippen LogP contribution in [0.2, 0.25) is 0 Å². The Labute approximate surface area is 72.8 Å². The molecule has 0 unspecified atom stereocenters. The fraction of sp³-hybridized carbons (Fsp3) is 0.143. The molecule has 0 fully saturated rings. The minimum Gasteiger partial charge on any atom is -0.465 e. The molecule has 2 amide bonds. The molecule has 13 heavy (non-hydrogen) atoms. The lowest BCUT2D eigenvalue weighted by Gasteiger charge is -1.94. The smallest absolute Gasteiger partial charge is 0.411 e. The fourth-order valence-corrected chi connectivity index (χ4v) is 0.744. The molecule has 0 bridgehead atoms. The lowest BCUT2D eigenvalue weighted by atomic mass is 10.4. The molecule has 6 heteroatoms. The van der Waals surface area contributed by atoms with Crippen molar-refractivity contribution >= 4 is 12.0 Å². The van der Waals surface area contributed by atoms with Crippen LogP contribution in [0.25, 0.3) is 0 Å². The Hall–Kier alpha value is -1.82. The van der Waals surface area contributed by atoms with Gasteiger partial charge < -0.3 is 14.6 Å². The molecule has 0 atom stereocenters. The number of carbonyl (C=O) groups is 2. The van der Waals surface area contributed by atoms with Crippen molar-refractivity contribution in [3.8, 4) is 0 Å². The molecule has 3 N–H and O–H groups in total. The van der Waals surface area contributed by atoms with Gasteiger partial charge in [0.2, 0.25) is 0 Å². The topological polar surface area (TPSA) is 99.8 Å². The summed E-state index contributed by atoms with van der Waals surface area (Å²) in [5.41, 5.74) is 0. The van der Waals surface area contributed by atoms with Crippen molar-refractivity contribution in [2.75, 3.05) is 0 Å². The van der Waals surface area contributed by atoms with Gasteiger partial charge in [-0.05, 0) is 12.1 Å². The first-order chi connectivity index (χ1) is 6.13. The van der Waals surface area contributed by atoms with E-state index in [0.29, 0.717) is 0 Å². The van der Waals surface area contributed by atoms with E-state index in [1.54, 1.807) is 5.32 Å². The van der Waals surface area contributed by atoms with E-state index in [2.05, 4.69) is 0 Å². The van der Waals surface area contributed by atoms with Gasteiger partial charge in [0.15, 0.2) is 5.76 Å². The van der Waals surface area contributed by atoms with E-state index < -0.39 is 12.0 Å². The molecular weight excluding hydrogens is 178 g/mol. The predicted molar refractivity (Wildman–Crippen MR) is 40.1 cm³/mol. The summed E-state index contributed by atoms with van der Waals surface area (Å²) in [6.45, 7) is -0.333. The molecule has 1 aromatic heterocycles. The Morgan fingerprint density at radius 1 is 1.46 bits per heavy atom. The summed E-state index contributed by atoms with van der Waals surface area (Å²) >= 11 is 0. The number of aliphatic hydroxyl groups excluding tert-OH is 1. The average molecular weight is 185 g/mol. The maximum Gasteiger partial charge on any atom is 0.411 e. The number of aliphatic hydroxyl groups is 1. The van der Waals surface area contributed by atoms with Gasteiger partial charge in [-0.25, -0.2) is 4.79 Å². The molecule has 0 saturated carbocycles. The molecule has 0 spiro atoms. The molecule has 70 valence electrons. The van der Waals surface area contributed by atoms with E-state index in [0.717, 1.165) is 0 Å². The van der Waals surface area contributed by atoms with Crippen LogP contribution in [-0.4, -0.2) is 22.2 Å². The van der Waals surface area contributed by atoms with Crippen molar-refractivity contribution in [2.45, 2.75) is 6.61 Å². The number of amides is 2. The lowest BCUT2D eigenvalue weighted by Crippen LogP contribution is -2.28. The van der Waals surface area contributed by atoms with Gasteiger partial charge in [0, 0.05) is 0 Å². The first kappa shape index (κ1) is 9.27. The van der Waals surface area contributed by atoms with Crippen molar-refractivity contribution in [2.24, 2.45) is 0 Å². The second-order valence-electron chi connectivity index (χ2n) is 2.18. The van der Waals surface area contributed by atoms with Gasteiger partial charge in [0.1, 0.15) is 12.4 Å². The van der Waals surface area contributed by atoms with Crippen molar-refractivity contribution in [3.63, 3.8) is 0 Å². The van der Waals surface area contributed by atoms with Crippen molar-refractivity contribution in [3.05, 3.63) is 23.7 Å². The maximum absolute atomic E-state index is 10.9. The minimum atomic E-state index is -1.45. The summed E-state index contributed by atoms with van der Waals surface area (Å²) in [7, 11) is 0. The first-order valence-corrected chi connectivity index (χ1v) is 3.37. The highest BCUT2D eigenvalue weighted by Gasteiger charge is 2.12. The number of imide groups is 1. The molecule has 0 aliphatic rings. The fourth-order valence-electron chi connectivity index (χ4n) is 0.744. The van der Waals surface area contributed by atoms with E-state index >= 15 is 0 Å². The number of furan rings is 1. The molecule has 0 aliphatic heterocycles. The largest absolute Gasteiger partial charge is 0.465 e. The Morgan fingerprint density at radius 2 is 2.15 bits per heavy atom. The van der Waals surface area contributed by atoms with Crippen LogP contribution in [-0.2, 0) is 6.61 Å². The maximum atomic E-state index is 10.9. The monoisotopic (exact) mass is 185 g/mol. The van der Waals surface area contributed by atoms with Gasteiger partial charge in [0.05, 0.1) is 0 Å². The lowest BCUT2D eigenvalue weighted by molar-refractivity contribution is 0.0916. The third-order valence-electron chi connectivity index (χ3n) is 1.26. The highest BCUT2D eigenvalue weighted by atomic mass is 16.4. The Kier molecular flexibility index (Phi) is 2.65. The van der Waals surface area contributed by atoms with Crippen LogP contribution >= 0.6 is 0 Å². The molecule has 1 heterocycles. The number of carboxylic acid groups (broad SMARTS) is 1. The zero-order chi connectivity index (χ0) is 9.84. The zero-order valence-corrected chi connectivity index (χ0v) is 6.48. The molecule has 1 aromatic rings. The third-order valence-corrected chi connectivity index (χ3v) is 1.26. The Bertz CT molecular complexity index is 329. The van der Waals surface area contributed by atoms with Crippen LogP contribution in [0.3, 0.4) is 0 Å². The summed E-state index contributed by atoms with van der Waals surface area (Å²) in [5.74, 6) is -0.797. The van der Waals surface area contributed by atoms with E-state index in [1.807, 2.05) is 0 Å². The van der Waals surface area contributed by atoms with E-state index in [-0.39, 0.29) is 18.1 Å². The predicted octanol–water partition coefficient (Wildman–Crippen LogP) is 0.180. The molecule has 0 aromatic carbocycles. The Balaban J connectivity index is 2.71. The summed E-state index contributed by atoms with van der Waals surface area (Å²) < 4.78 is 4.77. The number of nitrogens with one attached hydrogen (secondary N) is 1. The summed E-state index contributed by atoms with van der Waals surface area (Å²) in [4.78, 5) is 21.0. The normalized spacial score (nSPS) is 9.62. The minimum absolute atomic E-state index is 0.147. The third kappa shape index (κ3) is 2.31. The number of carbonyl (C=O) groups excluding carboxylic acids is 1. The van der Waals surface area contributed by atoms with E-state index in [4.69, 9.17) is 14.6 Å². The molecule has 1 rings (SSSR count). The molecule has 0 radical (unpaired) electrons. The van der Waals surface area contributed by atoms with Gasteiger partial charge in [-0.2, -0.15) is 0 Å². The Morgan fingerprint density at radius 3 is 2.62 bits per heavy atom. The SMILES string of the molecule is O=C(O)NC(=O)c1ccc(CO)o1. The van der Waals surface area contributed by atoms with Gasteiger partial charge in [-0.1, -0.05) is 0 Å². The summed E-state index contributed by atoms with van der Waals surface area (Å²) in [6.07, 6.45) is -1.45. The standard InChI is InChI=1S/C7H7NO5/c9-3-4-1-2-5(13-4)6(10)8-7(11)12/h1-2,9H,3H2,(H,8,10)(H,11,12). The van der Waals surface area contributed by atoms with Gasteiger partial charge in [-0.3, -0.25) is 10.1 Å². The van der Waals surface area contributed by atoms with Gasteiger partial charge >= 0.3 is 6.09 Å². The number of rotatable bonds is 2. The van der Waals surface area contributed by atoms with Crippen molar-refractivity contribution in [1.29, 1.82) is 0 Å². The number of hydrogen-bond donors (Lipinski definition) is 3. The second-order valence-corrected chi connectivity index (χ2v) is 2.18. The highest BCUT2D eigenvalue weighted by Crippen LogP contribution is 2.06. The van der Waals surface area contributed by atoms with Gasteiger partial charge in [-0.15, -0.1) is 0 Å².